The monoisotopic (exact) mass is 830 g/mol. The number of methoxy groups -OCH3 is 4. The van der Waals surface area contributed by atoms with Gasteiger partial charge >= 0.3 is 0 Å². The third-order valence-electron chi connectivity index (χ3n) is 12.7. The molecular formula is C43H63ClN4O8S. The van der Waals surface area contributed by atoms with Crippen molar-refractivity contribution in [1.29, 1.82) is 0 Å². The van der Waals surface area contributed by atoms with Crippen molar-refractivity contribution in [1.82, 2.24) is 14.5 Å². The number of anilines is 1. The van der Waals surface area contributed by atoms with Gasteiger partial charge in [-0.25, -0.2) is 13.1 Å². The van der Waals surface area contributed by atoms with Crippen LogP contribution in [-0.4, -0.2) is 135 Å². The number of carbonyl (C=O) groups excluding carboxylic acids is 1. The molecule has 1 saturated carbocycles. The molecule has 2 bridgehead atoms. The first-order valence-corrected chi connectivity index (χ1v) is 22.4. The third-order valence-corrected chi connectivity index (χ3v) is 14.8. The Morgan fingerprint density at radius 3 is 2.40 bits per heavy atom. The van der Waals surface area contributed by atoms with Crippen LogP contribution >= 0.6 is 11.6 Å². The molecule has 316 valence electrons. The maximum atomic E-state index is 13.9. The number of hydrogen-bond donors (Lipinski definition) is 1. The van der Waals surface area contributed by atoms with Crippen LogP contribution in [0.25, 0.3) is 0 Å². The van der Waals surface area contributed by atoms with Crippen molar-refractivity contribution in [3.63, 3.8) is 0 Å². The van der Waals surface area contributed by atoms with E-state index >= 15 is 0 Å². The summed E-state index contributed by atoms with van der Waals surface area (Å²) >= 11 is 6.42. The van der Waals surface area contributed by atoms with Gasteiger partial charge in [0.15, 0.2) is 0 Å². The fourth-order valence-electron chi connectivity index (χ4n) is 9.27. The fraction of sp³-hybridized carbons (Fsp3) is 0.651. The van der Waals surface area contributed by atoms with E-state index in [1.807, 2.05) is 32.2 Å². The summed E-state index contributed by atoms with van der Waals surface area (Å²) in [6.45, 7) is 9.23. The first kappa shape index (κ1) is 43.8. The van der Waals surface area contributed by atoms with E-state index in [-0.39, 0.29) is 30.0 Å². The Balaban J connectivity index is 1.36. The topological polar surface area (TPSA) is 119 Å². The lowest BCUT2D eigenvalue weighted by Gasteiger charge is -2.52. The molecule has 0 aromatic heterocycles. The number of piperazine rings is 1. The van der Waals surface area contributed by atoms with Gasteiger partial charge in [-0.1, -0.05) is 36.7 Å². The van der Waals surface area contributed by atoms with Crippen molar-refractivity contribution in [2.45, 2.75) is 68.9 Å². The summed E-state index contributed by atoms with van der Waals surface area (Å²) in [5, 5.41) is -0.247. The molecule has 0 spiro atoms. The molecule has 1 saturated heterocycles. The number of rotatable bonds is 10. The number of amides is 1. The Morgan fingerprint density at radius 1 is 0.947 bits per heavy atom. The molecule has 1 N–H and O–H groups in total. The van der Waals surface area contributed by atoms with E-state index in [4.69, 9.17) is 35.3 Å². The summed E-state index contributed by atoms with van der Waals surface area (Å²) in [5.74, 6) is 0.160. The van der Waals surface area contributed by atoms with Crippen LogP contribution in [0.2, 0.25) is 5.02 Å². The van der Waals surface area contributed by atoms with Crippen LogP contribution in [0, 0.1) is 17.8 Å². The van der Waals surface area contributed by atoms with E-state index in [9.17, 15) is 13.2 Å². The highest BCUT2D eigenvalue weighted by Gasteiger charge is 2.48. The molecule has 5 atom stereocenters. The van der Waals surface area contributed by atoms with Gasteiger partial charge in [-0.05, 0) is 97.7 Å². The molecule has 3 aliphatic heterocycles. The maximum absolute atomic E-state index is 13.9. The molecule has 2 fully saturated rings. The molecular weight excluding hydrogens is 768 g/mol. The van der Waals surface area contributed by atoms with E-state index < -0.39 is 26.8 Å². The van der Waals surface area contributed by atoms with Crippen molar-refractivity contribution >= 4 is 33.2 Å². The second-order valence-electron chi connectivity index (χ2n) is 16.4. The van der Waals surface area contributed by atoms with Crippen LogP contribution in [0.3, 0.4) is 0 Å². The quantitative estimate of drug-likeness (QED) is 0.310. The van der Waals surface area contributed by atoms with Gasteiger partial charge in [0.1, 0.15) is 23.2 Å². The zero-order valence-electron chi connectivity index (χ0n) is 34.4. The summed E-state index contributed by atoms with van der Waals surface area (Å²) in [5.41, 5.74) is 2.70. The van der Waals surface area contributed by atoms with Crippen LogP contribution in [0.15, 0.2) is 48.6 Å². The summed E-state index contributed by atoms with van der Waals surface area (Å²) < 4.78 is 60.0. The highest BCUT2D eigenvalue weighted by Crippen LogP contribution is 2.47. The zero-order chi connectivity index (χ0) is 40.6. The zero-order valence-corrected chi connectivity index (χ0v) is 36.0. The predicted octanol–water partition coefficient (Wildman–Crippen LogP) is 5.42. The van der Waals surface area contributed by atoms with Gasteiger partial charge in [0.05, 0.1) is 31.5 Å². The van der Waals surface area contributed by atoms with E-state index in [2.05, 4.69) is 31.6 Å². The molecule has 1 aliphatic carbocycles. The Hall–Kier alpha value is -2.75. The van der Waals surface area contributed by atoms with Crippen LogP contribution in [-0.2, 0) is 42.0 Å². The minimum atomic E-state index is -4.12. The van der Waals surface area contributed by atoms with Crippen LogP contribution in [0.1, 0.15) is 60.5 Å². The number of benzene rings is 2. The highest BCUT2D eigenvalue weighted by atomic mass is 35.5. The number of fused-ring (bicyclic) bond motifs is 3. The number of nitrogens with zero attached hydrogens (tertiary/aromatic N) is 3. The van der Waals surface area contributed by atoms with Gasteiger partial charge in [0, 0.05) is 84.8 Å². The fourth-order valence-corrected chi connectivity index (χ4v) is 11.0. The third kappa shape index (κ3) is 10.5. The Bertz CT molecular complexity index is 1780. The molecule has 1 amide bonds. The molecule has 12 nitrogen and oxygen atoms in total. The number of ether oxygens (including phenoxy) is 5. The highest BCUT2D eigenvalue weighted by molar-refractivity contribution is 7.90. The number of aryl methyl sites for hydroxylation is 1. The van der Waals surface area contributed by atoms with E-state index in [0.29, 0.717) is 42.9 Å². The summed E-state index contributed by atoms with van der Waals surface area (Å²) in [4.78, 5) is 21.1. The SMILES string of the molecule is COCC(COC)N1CCN(C[C@]2(OC)/C=C/C[C@H](C)[C@@H](COC)S(=O)(=O)NC(=O)c3ccc4c(c3)N(CCCCc3cc(Cl)ccc3CO4)C[C@@H]3CC[C@H]32)CC1. The number of allylic oxidation sites excluding steroid dienone is 1. The normalized spacial score (nSPS) is 28.3. The number of halogens is 1. The molecule has 14 heteroatoms. The van der Waals surface area contributed by atoms with E-state index in [1.165, 1.54) is 12.7 Å². The van der Waals surface area contributed by atoms with Gasteiger partial charge in [-0.15, -0.1) is 0 Å². The smallest absolute Gasteiger partial charge is 0.264 e. The maximum Gasteiger partial charge on any atom is 0.264 e. The Labute approximate surface area is 345 Å². The molecule has 3 heterocycles. The van der Waals surface area contributed by atoms with Crippen LogP contribution in [0.5, 0.6) is 5.75 Å². The largest absolute Gasteiger partial charge is 0.487 e. The summed E-state index contributed by atoms with van der Waals surface area (Å²) in [6.07, 6.45) is 9.61. The van der Waals surface area contributed by atoms with Crippen molar-refractivity contribution in [2.75, 3.05) is 99.0 Å². The van der Waals surface area contributed by atoms with Gasteiger partial charge in [-0.2, -0.15) is 0 Å². The Morgan fingerprint density at radius 2 is 1.72 bits per heavy atom. The molecule has 0 radical (unpaired) electrons. The lowest BCUT2D eigenvalue weighted by molar-refractivity contribution is -0.0978. The van der Waals surface area contributed by atoms with Gasteiger partial charge in [0.2, 0.25) is 10.0 Å². The molecule has 0 unspecified atom stereocenters. The molecule has 57 heavy (non-hydrogen) atoms. The molecule has 2 aromatic carbocycles. The first-order valence-electron chi connectivity index (χ1n) is 20.5. The predicted molar refractivity (Wildman–Crippen MR) is 224 cm³/mol. The van der Waals surface area contributed by atoms with Crippen LogP contribution in [0.4, 0.5) is 5.69 Å². The second-order valence-corrected chi connectivity index (χ2v) is 18.7. The van der Waals surface area contributed by atoms with Gasteiger partial charge in [0.25, 0.3) is 5.91 Å². The summed E-state index contributed by atoms with van der Waals surface area (Å²) in [6, 6.07) is 11.4. The van der Waals surface area contributed by atoms with Crippen molar-refractivity contribution in [3.05, 3.63) is 70.3 Å². The van der Waals surface area contributed by atoms with E-state index in [0.717, 1.165) is 89.2 Å². The summed E-state index contributed by atoms with van der Waals surface area (Å²) in [7, 11) is 2.66. The molecule has 4 aliphatic rings. The lowest BCUT2D eigenvalue weighted by atomic mass is 9.63. The second kappa shape index (κ2) is 20.0. The lowest BCUT2D eigenvalue weighted by Crippen LogP contribution is -2.60. The molecule has 2 aromatic rings. The van der Waals surface area contributed by atoms with Crippen molar-refractivity contribution in [2.24, 2.45) is 17.8 Å². The average Bonchev–Trinajstić information content (AvgIpc) is 3.21. The first-order chi connectivity index (χ1) is 27.5. The van der Waals surface area contributed by atoms with Crippen molar-refractivity contribution < 1.29 is 36.9 Å². The van der Waals surface area contributed by atoms with Crippen molar-refractivity contribution in [3.8, 4) is 5.75 Å². The van der Waals surface area contributed by atoms with Gasteiger partial charge < -0.3 is 28.6 Å². The van der Waals surface area contributed by atoms with E-state index in [1.54, 1.807) is 32.4 Å². The minimum absolute atomic E-state index is 0.0480. The minimum Gasteiger partial charge on any atom is -0.487 e. The number of carbonyl (C=O) groups is 1. The number of hydrogen-bond acceptors (Lipinski definition) is 11. The average molecular weight is 832 g/mol. The number of sulfonamides is 1. The molecule has 6 rings (SSSR count). The number of nitrogens with one attached hydrogen (secondary N) is 1. The van der Waals surface area contributed by atoms with Crippen LogP contribution < -0.4 is 14.4 Å². The van der Waals surface area contributed by atoms with Gasteiger partial charge in [-0.3, -0.25) is 14.6 Å². The standard InChI is InChI=1S/C43H63ClN4O8S/c1-31-9-8-17-43(55-5,30-46-19-21-47(22-20-46)37(27-52-2)28-53-3)38-15-12-34(38)25-48-18-7-6-10-32-23-36(44)14-11-35(32)26-56-40-16-13-33(24-39(40)48)42(49)45-57(50,51)41(31)29-54-4/h8,11,13-14,16-17,23-24,31,34,37-38,41H,6-7,9-10,12,15,18-22,25-30H2,1-5H3,(H,45,49)/b17-8+/t31-,34-,38+,41+,43+/m0/s1. The Kier molecular flexibility index (Phi) is 15.4.